The topological polar surface area (TPSA) is 17.8 Å². The van der Waals surface area contributed by atoms with Crippen LogP contribution in [-0.2, 0) is 12.8 Å². The van der Waals surface area contributed by atoms with E-state index >= 15 is 0 Å². The molecule has 1 atom stereocenters. The summed E-state index contributed by atoms with van der Waals surface area (Å²) in [5.74, 6) is 0.722. The highest BCUT2D eigenvalue weighted by Gasteiger charge is 2.18. The number of aryl methyl sites for hydroxylation is 3. The van der Waals surface area contributed by atoms with Crippen molar-refractivity contribution in [2.24, 2.45) is 0 Å². The van der Waals surface area contributed by atoms with Crippen LogP contribution in [0.2, 0.25) is 0 Å². The van der Waals surface area contributed by atoms with Crippen LogP contribution in [0.4, 0.5) is 0 Å². The van der Waals surface area contributed by atoms with Crippen molar-refractivity contribution in [2.75, 3.05) is 0 Å². The Kier molecular flexibility index (Phi) is 2.73. The summed E-state index contributed by atoms with van der Waals surface area (Å²) >= 11 is 0. The molecule has 0 radical (unpaired) electrons. The van der Waals surface area contributed by atoms with Gasteiger partial charge in [-0.05, 0) is 60.9 Å². The van der Waals surface area contributed by atoms with E-state index in [-0.39, 0.29) is 0 Å². The minimum atomic E-state index is 0.722. The van der Waals surface area contributed by atoms with Crippen LogP contribution in [0, 0.1) is 6.92 Å². The Bertz CT molecular complexity index is 581. The number of benzene rings is 1. The largest absolute Gasteiger partial charge is 0.240 e. The zero-order valence-electron chi connectivity index (χ0n) is 11.4. The number of hydrogen-bond acceptors (Lipinski definition) is 1. The Morgan fingerprint density at radius 2 is 2.22 bits per heavy atom. The van der Waals surface area contributed by atoms with Gasteiger partial charge in [0.25, 0.3) is 0 Å². The second-order valence-electron chi connectivity index (χ2n) is 5.36. The summed E-state index contributed by atoms with van der Waals surface area (Å²) in [6.45, 7) is 6.59. The van der Waals surface area contributed by atoms with Gasteiger partial charge in [-0.3, -0.25) is 0 Å². The van der Waals surface area contributed by atoms with Gasteiger partial charge in [-0.1, -0.05) is 19.9 Å². The summed E-state index contributed by atoms with van der Waals surface area (Å²) in [6.07, 6.45) is 5.71. The van der Waals surface area contributed by atoms with E-state index in [0.717, 1.165) is 18.0 Å². The van der Waals surface area contributed by atoms with Crippen molar-refractivity contribution in [2.45, 2.75) is 46.0 Å². The molecule has 0 amide bonds. The molecule has 2 nitrogen and oxygen atoms in total. The van der Waals surface area contributed by atoms with Gasteiger partial charge in [-0.15, -0.1) is 0 Å². The monoisotopic (exact) mass is 240 g/mol. The number of rotatable bonds is 2. The average Bonchev–Trinajstić information content (AvgIpc) is 2.93. The molecule has 1 heterocycles. The van der Waals surface area contributed by atoms with Gasteiger partial charge < -0.3 is 0 Å². The van der Waals surface area contributed by atoms with E-state index in [1.807, 2.05) is 4.68 Å². The summed E-state index contributed by atoms with van der Waals surface area (Å²) in [5, 5.41) is 4.61. The quantitative estimate of drug-likeness (QED) is 0.781. The van der Waals surface area contributed by atoms with Crippen LogP contribution in [-0.4, -0.2) is 9.78 Å². The molecule has 1 aliphatic carbocycles. The van der Waals surface area contributed by atoms with E-state index < -0.39 is 0 Å². The highest BCUT2D eigenvalue weighted by atomic mass is 15.3. The molecule has 0 aliphatic heterocycles. The molecule has 2 aromatic rings. The van der Waals surface area contributed by atoms with Crippen LogP contribution in [0.15, 0.2) is 24.4 Å². The van der Waals surface area contributed by atoms with Crippen molar-refractivity contribution in [1.82, 2.24) is 9.78 Å². The second-order valence-corrected chi connectivity index (χ2v) is 5.36. The van der Waals surface area contributed by atoms with E-state index in [4.69, 9.17) is 0 Å². The number of aromatic nitrogens is 2. The molecule has 3 rings (SSSR count). The van der Waals surface area contributed by atoms with Crippen LogP contribution in [0.3, 0.4) is 0 Å². The Balaban J connectivity index is 2.02. The van der Waals surface area contributed by atoms with Gasteiger partial charge in [0.1, 0.15) is 0 Å². The maximum Gasteiger partial charge on any atom is 0.0648 e. The van der Waals surface area contributed by atoms with Gasteiger partial charge in [-0.2, -0.15) is 5.10 Å². The lowest BCUT2D eigenvalue weighted by Gasteiger charge is -2.07. The molecule has 18 heavy (non-hydrogen) atoms. The summed E-state index contributed by atoms with van der Waals surface area (Å²) in [5.41, 5.74) is 6.71. The van der Waals surface area contributed by atoms with Gasteiger partial charge in [-0.25, -0.2) is 4.68 Å². The zero-order chi connectivity index (χ0) is 12.7. The normalized spacial score (nSPS) is 18.1. The Labute approximate surface area is 109 Å². The summed E-state index contributed by atoms with van der Waals surface area (Å²) in [4.78, 5) is 0. The molecule has 1 aromatic heterocycles. The average molecular weight is 240 g/mol. The Hall–Kier alpha value is -1.57. The predicted octanol–water partition coefficient (Wildman–Crippen LogP) is 3.79. The second kappa shape index (κ2) is 4.27. The van der Waals surface area contributed by atoms with Crippen LogP contribution in [0.25, 0.3) is 5.69 Å². The lowest BCUT2D eigenvalue weighted by molar-refractivity contribution is 0.747. The minimum Gasteiger partial charge on any atom is -0.240 e. The van der Waals surface area contributed by atoms with E-state index in [9.17, 15) is 0 Å². The molecule has 1 unspecified atom stereocenters. The van der Waals surface area contributed by atoms with Crippen LogP contribution >= 0.6 is 0 Å². The molecule has 0 N–H and O–H groups in total. The standard InChI is InChI=1S/C16H20N2/c1-4-13-10-18(17-12(13)3)15-7-8-16-11(2)5-6-14(16)9-15/h7-11H,4-6H2,1-3H3. The highest BCUT2D eigenvalue weighted by Crippen LogP contribution is 2.33. The third-order valence-electron chi connectivity index (χ3n) is 4.15. The third kappa shape index (κ3) is 1.76. The first-order valence-electron chi connectivity index (χ1n) is 6.87. The molecule has 1 aromatic carbocycles. The van der Waals surface area contributed by atoms with Gasteiger partial charge in [0.05, 0.1) is 11.4 Å². The van der Waals surface area contributed by atoms with E-state index in [0.29, 0.717) is 0 Å². The van der Waals surface area contributed by atoms with Gasteiger partial charge in [0, 0.05) is 6.20 Å². The number of fused-ring (bicyclic) bond motifs is 1. The zero-order valence-corrected chi connectivity index (χ0v) is 11.4. The van der Waals surface area contributed by atoms with Crippen molar-refractivity contribution < 1.29 is 0 Å². The molecule has 0 bridgehead atoms. The first kappa shape index (κ1) is 11.5. The molecule has 2 heteroatoms. The molecule has 1 aliphatic rings. The summed E-state index contributed by atoms with van der Waals surface area (Å²) in [6, 6.07) is 6.79. The first-order chi connectivity index (χ1) is 8.69. The molecule has 0 saturated heterocycles. The first-order valence-corrected chi connectivity index (χ1v) is 6.87. The maximum absolute atomic E-state index is 4.61. The molecule has 0 spiro atoms. The van der Waals surface area contributed by atoms with Crippen LogP contribution in [0.5, 0.6) is 0 Å². The van der Waals surface area contributed by atoms with Crippen molar-refractivity contribution in [1.29, 1.82) is 0 Å². The fraction of sp³-hybridized carbons (Fsp3) is 0.438. The molecule has 0 saturated carbocycles. The predicted molar refractivity (Wildman–Crippen MR) is 74.4 cm³/mol. The summed E-state index contributed by atoms with van der Waals surface area (Å²) in [7, 11) is 0. The van der Waals surface area contributed by atoms with Crippen molar-refractivity contribution >= 4 is 0 Å². The molecular formula is C16H20N2. The number of hydrogen-bond donors (Lipinski definition) is 0. The SMILES string of the molecule is CCc1cn(-c2ccc3c(c2)CCC3C)nc1C. The van der Waals surface area contributed by atoms with Crippen LogP contribution in [0.1, 0.15) is 48.6 Å². The van der Waals surface area contributed by atoms with Crippen molar-refractivity contribution in [3.05, 3.63) is 46.8 Å². The van der Waals surface area contributed by atoms with Gasteiger partial charge in [0.15, 0.2) is 0 Å². The fourth-order valence-corrected chi connectivity index (χ4v) is 2.93. The molecular weight excluding hydrogens is 220 g/mol. The number of nitrogens with zero attached hydrogens (tertiary/aromatic N) is 2. The third-order valence-corrected chi connectivity index (χ3v) is 4.15. The van der Waals surface area contributed by atoms with Gasteiger partial charge in [0.2, 0.25) is 0 Å². The maximum atomic E-state index is 4.61. The Morgan fingerprint density at radius 3 is 2.94 bits per heavy atom. The van der Waals surface area contributed by atoms with E-state index in [1.54, 1.807) is 0 Å². The lowest BCUT2D eigenvalue weighted by Crippen LogP contribution is -1.97. The lowest BCUT2D eigenvalue weighted by atomic mass is 10.0. The van der Waals surface area contributed by atoms with Crippen LogP contribution < -0.4 is 0 Å². The van der Waals surface area contributed by atoms with E-state index in [1.165, 1.54) is 35.2 Å². The van der Waals surface area contributed by atoms with Crippen molar-refractivity contribution in [3.8, 4) is 5.69 Å². The van der Waals surface area contributed by atoms with Gasteiger partial charge >= 0.3 is 0 Å². The Morgan fingerprint density at radius 1 is 1.39 bits per heavy atom. The molecule has 0 fully saturated rings. The minimum absolute atomic E-state index is 0.722. The summed E-state index contributed by atoms with van der Waals surface area (Å²) < 4.78 is 2.03. The smallest absolute Gasteiger partial charge is 0.0648 e. The molecule has 94 valence electrons. The highest BCUT2D eigenvalue weighted by molar-refractivity contribution is 5.44. The van der Waals surface area contributed by atoms with Crippen molar-refractivity contribution in [3.63, 3.8) is 0 Å². The fourth-order valence-electron chi connectivity index (χ4n) is 2.93. The van der Waals surface area contributed by atoms with E-state index in [2.05, 4.69) is 50.3 Å².